The van der Waals surface area contributed by atoms with E-state index in [2.05, 4.69) is 4.90 Å². The third kappa shape index (κ3) is 3.78. The Balaban J connectivity index is 1.39. The van der Waals surface area contributed by atoms with Gasteiger partial charge in [-0.2, -0.15) is 0 Å². The average molecular weight is 417 g/mol. The Hall–Kier alpha value is -3.64. The van der Waals surface area contributed by atoms with E-state index in [1.807, 2.05) is 30.3 Å². The lowest BCUT2D eigenvalue weighted by molar-refractivity contribution is 0.0872. The van der Waals surface area contributed by atoms with Crippen molar-refractivity contribution >= 4 is 11.9 Å². The number of halogens is 1. The monoisotopic (exact) mass is 417 g/mol. The molecule has 2 aliphatic rings. The van der Waals surface area contributed by atoms with E-state index in [1.165, 1.54) is 12.1 Å². The smallest absolute Gasteiger partial charge is 0.231 e. The molecular weight excluding hydrogens is 397 g/mol. The van der Waals surface area contributed by atoms with Crippen molar-refractivity contribution < 1.29 is 23.4 Å². The highest BCUT2D eigenvalue weighted by Crippen LogP contribution is 2.42. The Morgan fingerprint density at radius 2 is 1.84 bits per heavy atom. The van der Waals surface area contributed by atoms with Crippen LogP contribution in [0.15, 0.2) is 66.4 Å². The molecule has 0 aliphatic carbocycles. The highest BCUT2D eigenvalue weighted by molar-refractivity contribution is 6.15. The summed E-state index contributed by atoms with van der Waals surface area (Å²) in [5.74, 6) is 1.79. The number of benzene rings is 3. The zero-order chi connectivity index (χ0) is 21.4. The van der Waals surface area contributed by atoms with Crippen LogP contribution < -0.4 is 14.2 Å². The summed E-state index contributed by atoms with van der Waals surface area (Å²) in [6.07, 6.45) is 1.63. The van der Waals surface area contributed by atoms with Crippen LogP contribution in [-0.2, 0) is 13.1 Å². The molecule has 5 nitrogen and oxygen atoms in total. The van der Waals surface area contributed by atoms with Crippen molar-refractivity contribution in [1.82, 2.24) is 4.90 Å². The largest absolute Gasteiger partial charge is 0.497 e. The molecule has 0 unspecified atom stereocenters. The van der Waals surface area contributed by atoms with Gasteiger partial charge in [-0.15, -0.1) is 0 Å². The molecule has 0 fully saturated rings. The molecule has 0 amide bonds. The van der Waals surface area contributed by atoms with Gasteiger partial charge < -0.3 is 14.2 Å². The lowest BCUT2D eigenvalue weighted by atomic mass is 10.0. The number of rotatable bonds is 4. The summed E-state index contributed by atoms with van der Waals surface area (Å²) in [6, 6.07) is 17.4. The molecule has 0 spiro atoms. The van der Waals surface area contributed by atoms with Crippen LogP contribution in [0.5, 0.6) is 17.2 Å². The van der Waals surface area contributed by atoms with Gasteiger partial charge in [0, 0.05) is 13.1 Å². The summed E-state index contributed by atoms with van der Waals surface area (Å²) in [6.45, 7) is 1.74. The Morgan fingerprint density at radius 3 is 2.58 bits per heavy atom. The van der Waals surface area contributed by atoms with E-state index in [0.717, 1.165) is 22.6 Å². The van der Waals surface area contributed by atoms with E-state index in [1.54, 1.807) is 31.4 Å². The number of Topliss-reactive ketones (excluding diaryl/α,β-unsaturated/α-hetero) is 1. The molecule has 6 heteroatoms. The van der Waals surface area contributed by atoms with Gasteiger partial charge in [-0.3, -0.25) is 9.69 Å². The van der Waals surface area contributed by atoms with Crippen molar-refractivity contribution in [2.45, 2.75) is 13.1 Å². The minimum Gasteiger partial charge on any atom is -0.497 e. The number of carbonyl (C=O) groups excluding carboxylic acids is 1. The first-order valence-corrected chi connectivity index (χ1v) is 9.94. The second-order valence-electron chi connectivity index (χ2n) is 7.52. The molecule has 5 rings (SSSR count). The summed E-state index contributed by atoms with van der Waals surface area (Å²) in [4.78, 5) is 15.0. The van der Waals surface area contributed by atoms with Crippen LogP contribution in [0, 0.1) is 5.82 Å². The fraction of sp³-hybridized carbons (Fsp3) is 0.160. The van der Waals surface area contributed by atoms with E-state index >= 15 is 0 Å². The molecule has 0 atom stereocenters. The van der Waals surface area contributed by atoms with Gasteiger partial charge in [0.1, 0.15) is 29.8 Å². The van der Waals surface area contributed by atoms with Gasteiger partial charge in [0.15, 0.2) is 5.76 Å². The number of methoxy groups -OCH3 is 1. The summed E-state index contributed by atoms with van der Waals surface area (Å²) in [7, 11) is 1.64. The second kappa shape index (κ2) is 7.89. The zero-order valence-electron chi connectivity index (χ0n) is 16.9. The number of allylic oxidation sites excluding steroid dienone is 1. The molecule has 0 bridgehead atoms. The number of ether oxygens (including phenoxy) is 3. The van der Waals surface area contributed by atoms with Crippen LogP contribution in [0.2, 0.25) is 0 Å². The van der Waals surface area contributed by atoms with E-state index in [9.17, 15) is 9.18 Å². The number of nitrogens with zero attached hydrogens (tertiary/aromatic N) is 1. The summed E-state index contributed by atoms with van der Waals surface area (Å²) >= 11 is 0. The Kier molecular flexibility index (Phi) is 4.92. The lowest BCUT2D eigenvalue weighted by Crippen LogP contribution is -2.31. The summed E-state index contributed by atoms with van der Waals surface area (Å²) in [5, 5.41) is 0. The first-order valence-electron chi connectivity index (χ1n) is 9.94. The molecule has 156 valence electrons. The van der Waals surface area contributed by atoms with Crippen molar-refractivity contribution in [2.75, 3.05) is 13.8 Å². The fourth-order valence-electron chi connectivity index (χ4n) is 3.81. The normalized spacial score (nSPS) is 16.5. The third-order valence-electron chi connectivity index (χ3n) is 5.42. The number of hydrogen-bond acceptors (Lipinski definition) is 5. The quantitative estimate of drug-likeness (QED) is 0.571. The van der Waals surface area contributed by atoms with Gasteiger partial charge in [-0.25, -0.2) is 4.39 Å². The van der Waals surface area contributed by atoms with Crippen molar-refractivity contribution in [1.29, 1.82) is 0 Å². The number of fused-ring (bicyclic) bond motifs is 3. The Labute approximate surface area is 179 Å². The maximum absolute atomic E-state index is 13.2. The van der Waals surface area contributed by atoms with Gasteiger partial charge in [0.05, 0.1) is 18.2 Å². The second-order valence-corrected chi connectivity index (χ2v) is 7.52. The third-order valence-corrected chi connectivity index (χ3v) is 5.42. The SMILES string of the molecule is COc1ccc(CN2COc3ccc4c(c3C2)O/C(=C\c2ccc(F)cc2)C4=O)cc1. The zero-order valence-corrected chi connectivity index (χ0v) is 16.9. The van der Waals surface area contributed by atoms with Crippen LogP contribution >= 0.6 is 0 Å². The van der Waals surface area contributed by atoms with Crippen LogP contribution in [0.4, 0.5) is 4.39 Å². The number of carbonyl (C=O) groups is 1. The highest BCUT2D eigenvalue weighted by atomic mass is 19.1. The minimum atomic E-state index is -0.327. The van der Waals surface area contributed by atoms with Gasteiger partial charge in [-0.1, -0.05) is 24.3 Å². The minimum absolute atomic E-state index is 0.186. The van der Waals surface area contributed by atoms with Crippen molar-refractivity contribution in [3.63, 3.8) is 0 Å². The van der Waals surface area contributed by atoms with E-state index in [0.29, 0.717) is 36.7 Å². The standard InChI is InChI=1S/C25H20FNO4/c1-29-19-8-4-17(5-9-19)13-27-14-21-22(30-15-27)11-10-20-24(28)23(31-25(20)21)12-16-2-6-18(26)7-3-16/h2-12H,13-15H2,1H3/b23-12-. The molecule has 3 aromatic rings. The number of hydrogen-bond donors (Lipinski definition) is 0. The fourth-order valence-corrected chi connectivity index (χ4v) is 3.81. The Morgan fingerprint density at radius 1 is 1.06 bits per heavy atom. The van der Waals surface area contributed by atoms with Crippen LogP contribution in [-0.4, -0.2) is 24.5 Å². The highest BCUT2D eigenvalue weighted by Gasteiger charge is 2.33. The Bertz CT molecular complexity index is 1170. The van der Waals surface area contributed by atoms with Gasteiger partial charge in [-0.05, 0) is 53.6 Å². The molecule has 0 radical (unpaired) electrons. The molecule has 2 aliphatic heterocycles. The van der Waals surface area contributed by atoms with Crippen molar-refractivity contribution in [3.05, 3.63) is 94.5 Å². The predicted molar refractivity (Wildman–Crippen MR) is 114 cm³/mol. The molecule has 3 aromatic carbocycles. The van der Waals surface area contributed by atoms with Crippen LogP contribution in [0.3, 0.4) is 0 Å². The number of ketones is 1. The maximum atomic E-state index is 13.2. The van der Waals surface area contributed by atoms with Crippen LogP contribution in [0.1, 0.15) is 27.0 Å². The predicted octanol–water partition coefficient (Wildman–Crippen LogP) is 4.80. The van der Waals surface area contributed by atoms with E-state index < -0.39 is 0 Å². The van der Waals surface area contributed by atoms with E-state index in [-0.39, 0.29) is 17.4 Å². The summed E-state index contributed by atoms with van der Waals surface area (Å²) in [5.41, 5.74) is 3.20. The lowest BCUT2D eigenvalue weighted by Gasteiger charge is -2.29. The molecule has 0 saturated heterocycles. The molecule has 0 N–H and O–H groups in total. The molecule has 2 heterocycles. The van der Waals surface area contributed by atoms with Crippen LogP contribution in [0.25, 0.3) is 6.08 Å². The van der Waals surface area contributed by atoms with Gasteiger partial charge >= 0.3 is 0 Å². The molecule has 0 aromatic heterocycles. The van der Waals surface area contributed by atoms with Gasteiger partial charge in [0.25, 0.3) is 0 Å². The maximum Gasteiger partial charge on any atom is 0.231 e. The van der Waals surface area contributed by atoms with Crippen molar-refractivity contribution in [2.24, 2.45) is 0 Å². The topological polar surface area (TPSA) is 48.0 Å². The average Bonchev–Trinajstić information content (AvgIpc) is 3.11. The molecular formula is C25H20FNO4. The summed E-state index contributed by atoms with van der Waals surface area (Å²) < 4.78 is 30.3. The van der Waals surface area contributed by atoms with Gasteiger partial charge in [0.2, 0.25) is 5.78 Å². The van der Waals surface area contributed by atoms with E-state index in [4.69, 9.17) is 14.2 Å². The first-order chi connectivity index (χ1) is 15.1. The first kappa shape index (κ1) is 19.3. The van der Waals surface area contributed by atoms with Crippen molar-refractivity contribution in [3.8, 4) is 17.2 Å². The molecule has 31 heavy (non-hydrogen) atoms. The molecule has 0 saturated carbocycles.